The molecule has 17 heteroatoms. The predicted molar refractivity (Wildman–Crippen MR) is 283 cm³/mol. The Kier molecular flexibility index (Phi) is 13.4. The molecule has 388 valence electrons. The molecule has 16 nitrogen and oxygen atoms in total. The van der Waals surface area contributed by atoms with Crippen LogP contribution >= 0.6 is 0 Å². The average molecular weight is 1020 g/mol. The van der Waals surface area contributed by atoms with E-state index in [0.717, 1.165) is 75.3 Å². The number of rotatable bonds is 13. The Bertz CT molecular complexity index is 2970. The van der Waals surface area contributed by atoms with Crippen LogP contribution in [0.1, 0.15) is 125 Å². The van der Waals surface area contributed by atoms with Crippen molar-refractivity contribution in [2.75, 3.05) is 68.2 Å². The first-order chi connectivity index (χ1) is 35.2. The van der Waals surface area contributed by atoms with Crippen molar-refractivity contribution in [1.82, 2.24) is 19.6 Å². The molecule has 4 aliphatic heterocycles. The summed E-state index contributed by atoms with van der Waals surface area (Å²) < 4.78 is 49.1. The van der Waals surface area contributed by atoms with E-state index in [9.17, 15) is 23.3 Å². The van der Waals surface area contributed by atoms with Crippen LogP contribution in [-0.4, -0.2) is 105 Å². The average Bonchev–Trinajstić information content (AvgIpc) is 4.03. The van der Waals surface area contributed by atoms with Gasteiger partial charge in [0.05, 0.1) is 39.9 Å². The Balaban J connectivity index is 0.860. The number of nitro benzene ring substituents is 1. The van der Waals surface area contributed by atoms with Gasteiger partial charge < -0.3 is 34.3 Å². The Morgan fingerprint density at radius 1 is 0.973 bits per heavy atom. The molecule has 2 saturated carbocycles. The summed E-state index contributed by atoms with van der Waals surface area (Å²) in [7, 11) is -2.88. The molecule has 6 aliphatic rings. The maximum atomic E-state index is 14.7. The highest BCUT2D eigenvalue weighted by Gasteiger charge is 2.50. The normalized spacial score (nSPS) is 25.4. The van der Waals surface area contributed by atoms with Gasteiger partial charge in [-0.25, -0.2) is 13.1 Å². The van der Waals surface area contributed by atoms with Gasteiger partial charge in [0.15, 0.2) is 0 Å². The number of carbonyl (C=O) groups is 1. The number of nitrogens with one attached hydrogen (secondary N) is 3. The third kappa shape index (κ3) is 9.78. The first-order valence-electron chi connectivity index (χ1n) is 26.6. The fraction of sp³-hybridized carbons (Fsp3) is 0.536. The molecule has 1 spiro atoms. The van der Waals surface area contributed by atoms with Gasteiger partial charge in [-0.2, -0.15) is 4.98 Å². The van der Waals surface area contributed by atoms with E-state index in [1.807, 2.05) is 35.4 Å². The van der Waals surface area contributed by atoms with Gasteiger partial charge in [0.25, 0.3) is 21.6 Å². The van der Waals surface area contributed by atoms with Gasteiger partial charge >= 0.3 is 0 Å². The van der Waals surface area contributed by atoms with Crippen LogP contribution in [0.25, 0.3) is 11.0 Å². The van der Waals surface area contributed by atoms with Gasteiger partial charge in [0, 0.05) is 81.0 Å². The Morgan fingerprint density at radius 3 is 2.53 bits per heavy atom. The maximum Gasteiger partial charge on any atom is 0.293 e. The minimum absolute atomic E-state index is 0.0867. The van der Waals surface area contributed by atoms with Gasteiger partial charge in [0.1, 0.15) is 23.1 Å². The molecule has 2 aromatic heterocycles. The fourth-order valence-corrected chi connectivity index (χ4v) is 14.0. The number of H-pyrrole nitrogens is 1. The van der Waals surface area contributed by atoms with Crippen LogP contribution in [0.15, 0.2) is 83.9 Å². The summed E-state index contributed by atoms with van der Waals surface area (Å²) in [5.41, 5.74) is 5.80. The number of fused-ring (bicyclic) bond motifs is 3. The molecule has 5 aromatic rings. The molecule has 2 aliphatic carbocycles. The van der Waals surface area contributed by atoms with Crippen molar-refractivity contribution in [1.29, 1.82) is 0 Å². The second kappa shape index (κ2) is 19.8. The van der Waals surface area contributed by atoms with Crippen molar-refractivity contribution < 1.29 is 32.3 Å². The number of sulfonamides is 1. The van der Waals surface area contributed by atoms with E-state index < -0.39 is 20.9 Å². The third-order valence-electron chi connectivity index (χ3n) is 17.6. The molecule has 0 radical (unpaired) electrons. The molecule has 11 rings (SSSR count). The van der Waals surface area contributed by atoms with E-state index >= 15 is 0 Å². The summed E-state index contributed by atoms with van der Waals surface area (Å²) in [4.78, 5) is 41.6. The number of benzene rings is 3. The summed E-state index contributed by atoms with van der Waals surface area (Å²) in [6, 6.07) is 23.4. The van der Waals surface area contributed by atoms with Crippen LogP contribution in [0.2, 0.25) is 0 Å². The number of pyridine rings is 1. The number of carbonyl (C=O) groups excluding carboxylic acids is 1. The van der Waals surface area contributed by atoms with E-state index in [2.05, 4.69) is 69.9 Å². The smallest absolute Gasteiger partial charge is 0.293 e. The number of aromatic amines is 1. The Labute approximate surface area is 428 Å². The molecule has 3 aromatic carbocycles. The number of piperidine rings is 1. The quantitative estimate of drug-likeness (QED) is 0.0749. The molecule has 0 bridgehead atoms. The van der Waals surface area contributed by atoms with Gasteiger partial charge in [-0.05, 0) is 149 Å². The second-order valence-electron chi connectivity index (χ2n) is 22.4. The molecule has 3 saturated heterocycles. The number of amides is 1. The summed E-state index contributed by atoms with van der Waals surface area (Å²) in [6.45, 7) is 11.5. The molecule has 3 atom stereocenters. The van der Waals surface area contributed by atoms with Crippen molar-refractivity contribution in [3.8, 4) is 5.88 Å². The number of methoxy groups -OCH3 is 1. The topological polar surface area (TPSA) is 184 Å². The van der Waals surface area contributed by atoms with Crippen LogP contribution < -0.4 is 24.6 Å². The van der Waals surface area contributed by atoms with E-state index in [1.54, 1.807) is 13.2 Å². The Morgan fingerprint density at radius 2 is 1.77 bits per heavy atom. The highest BCUT2D eigenvalue weighted by molar-refractivity contribution is 7.90. The van der Waals surface area contributed by atoms with Gasteiger partial charge in [0.2, 0.25) is 5.88 Å². The minimum atomic E-state index is -4.60. The van der Waals surface area contributed by atoms with Crippen LogP contribution in [-0.2, 0) is 19.5 Å². The number of likely N-dealkylation sites (tertiary alicyclic amines) is 1. The zero-order valence-electron chi connectivity index (χ0n) is 42.6. The molecular weight excluding hydrogens is 945 g/mol. The lowest BCUT2D eigenvalue weighted by Gasteiger charge is -2.56. The highest BCUT2D eigenvalue weighted by atomic mass is 32.2. The van der Waals surface area contributed by atoms with Crippen molar-refractivity contribution in [2.45, 2.75) is 126 Å². The maximum absolute atomic E-state index is 14.7. The number of hydrogen-bond donors (Lipinski definition) is 3. The number of ether oxygens (including phenoxy) is 3. The summed E-state index contributed by atoms with van der Waals surface area (Å²) >= 11 is 0. The van der Waals surface area contributed by atoms with Crippen LogP contribution in [0.4, 0.5) is 28.4 Å². The van der Waals surface area contributed by atoms with Crippen molar-refractivity contribution in [3.63, 3.8) is 0 Å². The lowest BCUT2D eigenvalue weighted by Crippen LogP contribution is -2.55. The number of hydrogen-bond acceptors (Lipinski definition) is 13. The fourth-order valence-electron chi connectivity index (χ4n) is 13.1. The van der Waals surface area contributed by atoms with Crippen molar-refractivity contribution in [2.24, 2.45) is 17.3 Å². The summed E-state index contributed by atoms with van der Waals surface area (Å²) in [5.74, 6) is 0.239. The predicted octanol–water partition coefficient (Wildman–Crippen LogP) is 10.2. The van der Waals surface area contributed by atoms with Crippen LogP contribution in [0.3, 0.4) is 0 Å². The standard InChI is InChI=1S/C56H70N8O8S/c1-36(2)43-8-5-6-9-44(43)47-10-7-24-62(47)41-31-56(32-41)21-25-61(26-22-56)40-11-13-45(48(29-40)63-34-39-35-71-27-18-51(39)72-54-50(63)28-38-17-23-57-52(38)59-54)53(65)60-73(68,69)42-12-14-46(49(30-42)64(66)67)58-33-37-15-19-55(3,70-4)20-16-37/h5-6,8-9,11-14,17,23,28-30,36-37,39,41,47,51,58H,7,10,15-16,18-22,24-27,31-35H2,1-4H3,(H,57,59)(H,60,65)/t37?,39-,47+,51+,55?/m1/s1. The lowest BCUT2D eigenvalue weighted by atomic mass is 9.59. The van der Waals surface area contributed by atoms with E-state index in [4.69, 9.17) is 19.2 Å². The second-order valence-corrected chi connectivity index (χ2v) is 24.1. The zero-order valence-corrected chi connectivity index (χ0v) is 43.4. The number of aromatic nitrogens is 2. The summed E-state index contributed by atoms with van der Waals surface area (Å²) in [6.07, 6.45) is 12.8. The van der Waals surface area contributed by atoms with Crippen molar-refractivity contribution in [3.05, 3.63) is 106 Å². The number of anilines is 4. The number of nitrogens with zero attached hydrogens (tertiary/aromatic N) is 5. The van der Waals surface area contributed by atoms with E-state index in [1.165, 1.54) is 48.9 Å². The zero-order chi connectivity index (χ0) is 50.6. The van der Waals surface area contributed by atoms with Gasteiger partial charge in [-0.1, -0.05) is 38.1 Å². The van der Waals surface area contributed by atoms with Crippen LogP contribution in [0, 0.1) is 27.4 Å². The lowest BCUT2D eigenvalue weighted by molar-refractivity contribution is -0.384. The molecule has 1 amide bonds. The molecule has 3 N–H and O–H groups in total. The van der Waals surface area contributed by atoms with E-state index in [-0.39, 0.29) is 45.4 Å². The molecular formula is C56H70N8O8S. The molecule has 5 fully saturated rings. The summed E-state index contributed by atoms with van der Waals surface area (Å²) in [5, 5.41) is 16.5. The van der Waals surface area contributed by atoms with Crippen molar-refractivity contribution >= 4 is 55.4 Å². The third-order valence-corrected chi connectivity index (χ3v) is 18.9. The van der Waals surface area contributed by atoms with E-state index in [0.29, 0.717) is 79.0 Å². The number of nitro groups is 1. The van der Waals surface area contributed by atoms with Gasteiger partial charge in [-0.15, -0.1) is 0 Å². The van der Waals surface area contributed by atoms with Crippen LogP contribution in [0.5, 0.6) is 5.88 Å². The molecule has 6 heterocycles. The molecule has 73 heavy (non-hydrogen) atoms. The first-order valence-corrected chi connectivity index (χ1v) is 28.1. The highest BCUT2D eigenvalue weighted by Crippen LogP contribution is 2.55. The first kappa shape index (κ1) is 49.5. The SMILES string of the molecule is COC1(C)CCC(CNc2ccc(S(=O)(=O)NC(=O)c3ccc(N4CCC5(CC4)CC(N4CCC[C@H]4c4ccccc4C(C)C)C5)cc3N3C[C@@H]4COCC[C@@H]4Oc4nc5[nH]ccc5cc43)cc2[N+](=O)[O-])CC1. The largest absolute Gasteiger partial charge is 0.472 e. The molecule has 0 unspecified atom stereocenters. The van der Waals surface area contributed by atoms with Gasteiger partial charge in [-0.3, -0.25) is 19.8 Å². The Hall–Kier alpha value is -5.75. The minimum Gasteiger partial charge on any atom is -0.472 e. The monoisotopic (exact) mass is 1010 g/mol.